The van der Waals surface area contributed by atoms with Gasteiger partial charge in [-0.1, -0.05) is 28.4 Å². The number of methoxy groups -OCH3 is 1. The highest BCUT2D eigenvalue weighted by Gasteiger charge is 2.32. The molecule has 1 aromatic carbocycles. The van der Waals surface area contributed by atoms with Gasteiger partial charge in [0.05, 0.1) is 41.2 Å². The maximum absolute atomic E-state index is 13.5. The molecule has 0 aliphatic carbocycles. The molecule has 4 rings (SSSR count). The molecular formula is C21H21Cl2N5O3. The van der Waals surface area contributed by atoms with Crippen LogP contribution in [0, 0.1) is 13.8 Å². The largest absolute Gasteiger partial charge is 0.496 e. The van der Waals surface area contributed by atoms with Crippen LogP contribution in [-0.2, 0) is 20.0 Å². The summed E-state index contributed by atoms with van der Waals surface area (Å²) in [5, 5.41) is 8.85. The molecule has 1 aliphatic heterocycles. The Morgan fingerprint density at radius 3 is 2.61 bits per heavy atom. The first-order valence-electron chi connectivity index (χ1n) is 9.66. The second-order valence-corrected chi connectivity index (χ2v) is 8.31. The number of carbonyl (C=O) groups is 1. The first-order chi connectivity index (χ1) is 14.7. The van der Waals surface area contributed by atoms with Gasteiger partial charge in [-0.15, -0.1) is 5.10 Å². The molecule has 1 N–H and O–H groups in total. The second kappa shape index (κ2) is 8.01. The van der Waals surface area contributed by atoms with Crippen molar-refractivity contribution in [3.63, 3.8) is 0 Å². The first-order valence-corrected chi connectivity index (χ1v) is 10.4. The van der Waals surface area contributed by atoms with Gasteiger partial charge in [0.2, 0.25) is 0 Å². The number of hydrogen-bond acceptors (Lipinski definition) is 5. The van der Waals surface area contributed by atoms with Crippen molar-refractivity contribution in [2.75, 3.05) is 13.7 Å². The van der Waals surface area contributed by atoms with Gasteiger partial charge >= 0.3 is 0 Å². The summed E-state index contributed by atoms with van der Waals surface area (Å²) < 4.78 is 6.97. The Morgan fingerprint density at radius 2 is 1.97 bits per heavy atom. The lowest BCUT2D eigenvalue weighted by molar-refractivity contribution is 0.0725. The molecule has 1 amide bonds. The molecule has 162 valence electrons. The summed E-state index contributed by atoms with van der Waals surface area (Å²) in [6.45, 7) is 4.09. The molecule has 2 aromatic heterocycles. The summed E-state index contributed by atoms with van der Waals surface area (Å²) in [6.07, 6.45) is 0.522. The van der Waals surface area contributed by atoms with E-state index >= 15 is 0 Å². The minimum Gasteiger partial charge on any atom is -0.496 e. The smallest absolute Gasteiger partial charge is 0.256 e. The third kappa shape index (κ3) is 3.59. The van der Waals surface area contributed by atoms with E-state index in [9.17, 15) is 9.59 Å². The van der Waals surface area contributed by atoms with Crippen molar-refractivity contribution in [2.24, 2.45) is 7.05 Å². The third-order valence-corrected chi connectivity index (χ3v) is 6.23. The summed E-state index contributed by atoms with van der Waals surface area (Å²) in [5.74, 6) is 0.152. The molecule has 8 nitrogen and oxygen atoms in total. The number of amides is 1. The molecule has 0 bridgehead atoms. The number of hydrogen-bond donors (Lipinski definition) is 1. The summed E-state index contributed by atoms with van der Waals surface area (Å²) in [5.41, 5.74) is 3.79. The van der Waals surface area contributed by atoms with Crippen molar-refractivity contribution in [1.29, 1.82) is 0 Å². The Kier molecular flexibility index (Phi) is 5.53. The molecule has 10 heteroatoms. The fraction of sp³-hybridized carbons (Fsp3) is 0.333. The molecule has 0 spiro atoms. The number of fused-ring (bicyclic) bond motifs is 1. The first kappa shape index (κ1) is 21.4. The lowest BCUT2D eigenvalue weighted by Crippen LogP contribution is -2.39. The minimum absolute atomic E-state index is 0.0987. The van der Waals surface area contributed by atoms with Crippen molar-refractivity contribution in [3.05, 3.63) is 60.6 Å². The van der Waals surface area contributed by atoms with Crippen LogP contribution in [0.25, 0.3) is 11.3 Å². The lowest BCUT2D eigenvalue weighted by Gasteiger charge is -2.30. The fourth-order valence-electron chi connectivity index (χ4n) is 4.00. The van der Waals surface area contributed by atoms with Crippen LogP contribution in [0.2, 0.25) is 10.0 Å². The van der Waals surface area contributed by atoms with E-state index in [4.69, 9.17) is 27.9 Å². The third-order valence-electron chi connectivity index (χ3n) is 5.50. The Balaban J connectivity index is 1.79. The molecule has 0 atom stereocenters. The number of nitrogens with zero attached hydrogens (tertiary/aromatic N) is 4. The van der Waals surface area contributed by atoms with E-state index in [1.165, 1.54) is 7.11 Å². The van der Waals surface area contributed by atoms with Crippen molar-refractivity contribution in [3.8, 4) is 17.0 Å². The van der Waals surface area contributed by atoms with Crippen LogP contribution in [0.3, 0.4) is 0 Å². The fourth-order valence-corrected chi connectivity index (χ4v) is 4.64. The van der Waals surface area contributed by atoms with Crippen LogP contribution in [0.4, 0.5) is 0 Å². The molecule has 1 aliphatic rings. The Labute approximate surface area is 188 Å². The van der Waals surface area contributed by atoms with Gasteiger partial charge in [0.15, 0.2) is 0 Å². The maximum atomic E-state index is 13.5. The average molecular weight is 462 g/mol. The second-order valence-electron chi connectivity index (χ2n) is 7.53. The standard InChI is InChI=1S/C21H21Cl2N5O3/c1-10-7-16(31-4)14(20(29)24-10)9-28-6-5-12-15(22)8-13(18(23)17(12)21(28)30)19-11(2)25-26-27(19)3/h7-8H,5-6,9H2,1-4H3,(H,24,29). The van der Waals surface area contributed by atoms with Gasteiger partial charge in [-0.25, -0.2) is 4.68 Å². The average Bonchev–Trinajstić information content (AvgIpc) is 3.05. The molecule has 3 heterocycles. The van der Waals surface area contributed by atoms with E-state index in [-0.39, 0.29) is 18.0 Å². The number of halogens is 2. The van der Waals surface area contributed by atoms with Gasteiger partial charge < -0.3 is 14.6 Å². The van der Waals surface area contributed by atoms with E-state index in [0.29, 0.717) is 68.1 Å². The summed E-state index contributed by atoms with van der Waals surface area (Å²) in [6, 6.07) is 3.49. The van der Waals surface area contributed by atoms with Gasteiger partial charge in [-0.2, -0.15) is 0 Å². The highest BCUT2D eigenvalue weighted by Crippen LogP contribution is 2.40. The predicted molar refractivity (Wildman–Crippen MR) is 118 cm³/mol. The van der Waals surface area contributed by atoms with Gasteiger partial charge in [-0.3, -0.25) is 9.59 Å². The molecular weight excluding hydrogens is 441 g/mol. The zero-order valence-electron chi connectivity index (χ0n) is 17.5. The van der Waals surface area contributed by atoms with Crippen LogP contribution in [0.1, 0.15) is 32.9 Å². The molecule has 0 saturated heterocycles. The molecule has 0 fully saturated rings. The van der Waals surface area contributed by atoms with Gasteiger partial charge in [0, 0.05) is 29.9 Å². The topological polar surface area (TPSA) is 93.1 Å². The van der Waals surface area contributed by atoms with Crippen LogP contribution in [0.15, 0.2) is 16.9 Å². The van der Waals surface area contributed by atoms with Crippen LogP contribution < -0.4 is 10.3 Å². The zero-order chi connectivity index (χ0) is 22.4. The molecule has 0 unspecified atom stereocenters. The monoisotopic (exact) mass is 461 g/mol. The number of benzene rings is 1. The van der Waals surface area contributed by atoms with E-state index in [1.807, 2.05) is 6.92 Å². The molecule has 3 aromatic rings. The summed E-state index contributed by atoms with van der Waals surface area (Å²) in [4.78, 5) is 30.3. The van der Waals surface area contributed by atoms with Crippen molar-refractivity contribution in [1.82, 2.24) is 24.9 Å². The number of ether oxygens (including phenoxy) is 1. The van der Waals surface area contributed by atoms with E-state index < -0.39 is 0 Å². The van der Waals surface area contributed by atoms with Crippen LogP contribution in [0.5, 0.6) is 5.75 Å². The number of aromatic nitrogens is 4. The highest BCUT2D eigenvalue weighted by molar-refractivity contribution is 6.39. The van der Waals surface area contributed by atoms with Gasteiger partial charge in [0.25, 0.3) is 11.5 Å². The SMILES string of the molecule is COc1cc(C)[nH]c(=O)c1CN1CCc2c(Cl)cc(-c3c(C)nnn3C)c(Cl)c2C1=O. The lowest BCUT2D eigenvalue weighted by atomic mass is 9.94. The molecule has 0 saturated carbocycles. The van der Waals surface area contributed by atoms with E-state index in [0.717, 1.165) is 0 Å². The molecule has 0 radical (unpaired) electrons. The van der Waals surface area contributed by atoms with Gasteiger partial charge in [-0.05, 0) is 38.0 Å². The zero-order valence-corrected chi connectivity index (χ0v) is 19.1. The Bertz CT molecular complexity index is 1250. The number of rotatable bonds is 4. The van der Waals surface area contributed by atoms with Crippen LogP contribution >= 0.6 is 23.2 Å². The number of aromatic amines is 1. The highest BCUT2D eigenvalue weighted by atomic mass is 35.5. The van der Waals surface area contributed by atoms with Crippen molar-refractivity contribution >= 4 is 29.1 Å². The minimum atomic E-state index is -0.287. The predicted octanol–water partition coefficient (Wildman–Crippen LogP) is 3.30. The Hall–Kier alpha value is -2.84. The number of pyridine rings is 1. The van der Waals surface area contributed by atoms with E-state index in [2.05, 4.69) is 15.3 Å². The van der Waals surface area contributed by atoms with Gasteiger partial charge in [0.1, 0.15) is 5.75 Å². The number of aryl methyl sites for hydroxylation is 3. The number of carbonyl (C=O) groups excluding carboxylic acids is 1. The van der Waals surface area contributed by atoms with Crippen molar-refractivity contribution < 1.29 is 9.53 Å². The van der Waals surface area contributed by atoms with Crippen LogP contribution in [-0.4, -0.2) is 44.4 Å². The van der Waals surface area contributed by atoms with E-state index in [1.54, 1.807) is 35.7 Å². The summed E-state index contributed by atoms with van der Waals surface area (Å²) in [7, 11) is 3.25. The summed E-state index contributed by atoms with van der Waals surface area (Å²) >= 11 is 13.3. The quantitative estimate of drug-likeness (QED) is 0.643. The molecule has 31 heavy (non-hydrogen) atoms. The normalized spacial score (nSPS) is 13.5. The van der Waals surface area contributed by atoms with Crippen molar-refractivity contribution in [2.45, 2.75) is 26.8 Å². The number of H-pyrrole nitrogens is 1. The maximum Gasteiger partial charge on any atom is 0.256 e. The number of nitrogens with one attached hydrogen (secondary N) is 1. The Morgan fingerprint density at radius 1 is 1.23 bits per heavy atom.